The van der Waals surface area contributed by atoms with Crippen molar-refractivity contribution in [2.24, 2.45) is 11.1 Å². The zero-order chi connectivity index (χ0) is 13.5. The lowest BCUT2D eigenvalue weighted by molar-refractivity contribution is -0.159. The molecule has 18 heavy (non-hydrogen) atoms. The fraction of sp³-hybridized carbons (Fsp3) is 0.833. The van der Waals surface area contributed by atoms with Crippen LogP contribution in [0.4, 0.5) is 0 Å². The number of methoxy groups -OCH3 is 1. The lowest BCUT2D eigenvalue weighted by Gasteiger charge is -2.31. The van der Waals surface area contributed by atoms with Crippen LogP contribution in [-0.4, -0.2) is 48.8 Å². The Morgan fingerprint density at radius 1 is 1.56 bits per heavy atom. The Balaban J connectivity index is 2.36. The van der Waals surface area contributed by atoms with Gasteiger partial charge in [-0.3, -0.25) is 4.79 Å². The van der Waals surface area contributed by atoms with Gasteiger partial charge in [-0.2, -0.15) is 0 Å². The van der Waals surface area contributed by atoms with E-state index in [9.17, 15) is 9.59 Å². The highest BCUT2D eigenvalue weighted by atomic mass is 16.5. The first-order valence-electron chi connectivity index (χ1n) is 6.15. The number of fused-ring (bicyclic) bond motifs is 1. The van der Waals surface area contributed by atoms with Crippen molar-refractivity contribution >= 4 is 11.9 Å². The third-order valence-corrected chi connectivity index (χ3v) is 3.76. The molecule has 0 aromatic heterocycles. The van der Waals surface area contributed by atoms with E-state index in [2.05, 4.69) is 0 Å². The summed E-state index contributed by atoms with van der Waals surface area (Å²) in [6.45, 7) is 4.31. The van der Waals surface area contributed by atoms with Crippen LogP contribution in [0.1, 0.15) is 26.7 Å². The number of carbonyl (C=O) groups excluding carboxylic acids is 2. The minimum Gasteiger partial charge on any atom is -0.467 e. The Bertz CT molecular complexity index is 369. The first-order chi connectivity index (χ1) is 8.38. The van der Waals surface area contributed by atoms with Gasteiger partial charge < -0.3 is 20.1 Å². The summed E-state index contributed by atoms with van der Waals surface area (Å²) in [5.74, 6) is -0.632. The number of nitrogens with two attached hydrogens (primary N) is 1. The maximum atomic E-state index is 12.3. The van der Waals surface area contributed by atoms with Gasteiger partial charge in [-0.1, -0.05) is 13.8 Å². The summed E-state index contributed by atoms with van der Waals surface area (Å²) in [6.07, 6.45) is 0.732. The molecular formula is C12H20N2O4. The number of esters is 1. The second-order valence-electron chi connectivity index (χ2n) is 5.58. The van der Waals surface area contributed by atoms with Gasteiger partial charge in [0.1, 0.15) is 12.3 Å². The Labute approximate surface area is 106 Å². The number of amides is 1. The summed E-state index contributed by atoms with van der Waals surface area (Å²) >= 11 is 0. The number of carbonyl (C=O) groups is 2. The molecule has 0 bridgehead atoms. The summed E-state index contributed by atoms with van der Waals surface area (Å²) in [5.41, 5.74) is 5.43. The summed E-state index contributed by atoms with van der Waals surface area (Å²) in [5, 5.41) is 0. The lowest BCUT2D eigenvalue weighted by Crippen LogP contribution is -2.53. The minimum atomic E-state index is -0.621. The molecule has 0 unspecified atom stereocenters. The van der Waals surface area contributed by atoms with E-state index < -0.39 is 18.1 Å². The highest BCUT2D eigenvalue weighted by Gasteiger charge is 2.54. The topological polar surface area (TPSA) is 81.9 Å². The fourth-order valence-corrected chi connectivity index (χ4v) is 2.80. The molecule has 0 aromatic carbocycles. The van der Waals surface area contributed by atoms with Crippen LogP contribution < -0.4 is 5.73 Å². The average molecular weight is 256 g/mol. The zero-order valence-electron chi connectivity index (χ0n) is 11.0. The number of nitrogens with zero attached hydrogens (tertiary/aromatic N) is 1. The van der Waals surface area contributed by atoms with Gasteiger partial charge >= 0.3 is 5.97 Å². The van der Waals surface area contributed by atoms with Crippen molar-refractivity contribution < 1.29 is 19.1 Å². The highest BCUT2D eigenvalue weighted by molar-refractivity contribution is 5.89. The van der Waals surface area contributed by atoms with Gasteiger partial charge in [0, 0.05) is 11.8 Å². The molecule has 0 radical (unpaired) electrons. The fourth-order valence-electron chi connectivity index (χ4n) is 2.80. The Morgan fingerprint density at radius 3 is 2.83 bits per heavy atom. The molecule has 2 saturated heterocycles. The highest BCUT2D eigenvalue weighted by Crippen LogP contribution is 2.42. The summed E-state index contributed by atoms with van der Waals surface area (Å²) < 4.78 is 10.5. The SMILES string of the molecule is COC(=O)[C@H]1N2C(=O)[C@@H](N)CCO[C@H]2CC1(C)C. The molecule has 102 valence electrons. The Hall–Kier alpha value is -1.14. The van der Waals surface area contributed by atoms with Crippen LogP contribution in [0.3, 0.4) is 0 Å². The van der Waals surface area contributed by atoms with Crippen LogP contribution in [-0.2, 0) is 19.1 Å². The number of ether oxygens (including phenoxy) is 2. The van der Waals surface area contributed by atoms with E-state index >= 15 is 0 Å². The van der Waals surface area contributed by atoms with Crippen molar-refractivity contribution in [1.29, 1.82) is 0 Å². The van der Waals surface area contributed by atoms with Gasteiger partial charge in [0.2, 0.25) is 5.91 Å². The van der Waals surface area contributed by atoms with Crippen LogP contribution >= 0.6 is 0 Å². The van der Waals surface area contributed by atoms with Crippen LogP contribution in [0, 0.1) is 5.41 Å². The third kappa shape index (κ3) is 1.99. The molecule has 6 nitrogen and oxygen atoms in total. The number of rotatable bonds is 1. The van der Waals surface area contributed by atoms with Crippen molar-refractivity contribution in [2.45, 2.75) is 45.0 Å². The molecular weight excluding hydrogens is 236 g/mol. The van der Waals surface area contributed by atoms with Gasteiger partial charge in [0.05, 0.1) is 19.8 Å². The molecule has 2 aliphatic heterocycles. The first-order valence-corrected chi connectivity index (χ1v) is 6.15. The molecule has 6 heteroatoms. The second-order valence-corrected chi connectivity index (χ2v) is 5.58. The zero-order valence-corrected chi connectivity index (χ0v) is 11.0. The summed E-state index contributed by atoms with van der Waals surface area (Å²) in [7, 11) is 1.33. The largest absolute Gasteiger partial charge is 0.467 e. The van der Waals surface area contributed by atoms with Crippen molar-refractivity contribution in [1.82, 2.24) is 4.90 Å². The van der Waals surface area contributed by atoms with Gasteiger partial charge in [-0.15, -0.1) is 0 Å². The molecule has 0 spiro atoms. The molecule has 1 amide bonds. The normalized spacial score (nSPS) is 35.0. The maximum Gasteiger partial charge on any atom is 0.329 e. The Kier molecular flexibility index (Phi) is 3.33. The van der Waals surface area contributed by atoms with E-state index in [1.165, 1.54) is 12.0 Å². The van der Waals surface area contributed by atoms with Gasteiger partial charge in [-0.05, 0) is 6.42 Å². The summed E-state index contributed by atoms with van der Waals surface area (Å²) in [4.78, 5) is 25.7. The molecule has 2 fully saturated rings. The molecule has 0 aliphatic carbocycles. The van der Waals surface area contributed by atoms with Crippen LogP contribution in [0.15, 0.2) is 0 Å². The predicted molar refractivity (Wildman–Crippen MR) is 63.4 cm³/mol. The molecule has 2 N–H and O–H groups in total. The van der Waals surface area contributed by atoms with Crippen LogP contribution in [0.2, 0.25) is 0 Å². The van der Waals surface area contributed by atoms with Crippen molar-refractivity contribution in [2.75, 3.05) is 13.7 Å². The van der Waals surface area contributed by atoms with Gasteiger partial charge in [0.25, 0.3) is 0 Å². The molecule has 3 atom stereocenters. The average Bonchev–Trinajstić information content (AvgIpc) is 2.50. The van der Waals surface area contributed by atoms with Crippen LogP contribution in [0.25, 0.3) is 0 Å². The molecule has 0 aromatic rings. The quantitative estimate of drug-likeness (QED) is 0.660. The van der Waals surface area contributed by atoms with E-state index in [0.29, 0.717) is 19.4 Å². The molecule has 2 rings (SSSR count). The van der Waals surface area contributed by atoms with E-state index in [4.69, 9.17) is 15.2 Å². The molecule has 0 saturated carbocycles. The predicted octanol–water partition coefficient (Wildman–Crippen LogP) is -0.140. The Morgan fingerprint density at radius 2 is 2.22 bits per heavy atom. The maximum absolute atomic E-state index is 12.3. The second kappa shape index (κ2) is 4.51. The van der Waals surface area contributed by atoms with Gasteiger partial charge in [-0.25, -0.2) is 4.79 Å². The monoisotopic (exact) mass is 256 g/mol. The molecule has 2 aliphatic rings. The van der Waals surface area contributed by atoms with Crippen LogP contribution in [0.5, 0.6) is 0 Å². The van der Waals surface area contributed by atoms with E-state index in [-0.39, 0.29) is 17.6 Å². The number of hydrogen-bond acceptors (Lipinski definition) is 5. The van der Waals surface area contributed by atoms with Gasteiger partial charge in [0.15, 0.2) is 0 Å². The van der Waals surface area contributed by atoms with Crippen molar-refractivity contribution in [3.05, 3.63) is 0 Å². The third-order valence-electron chi connectivity index (χ3n) is 3.76. The van der Waals surface area contributed by atoms with Crippen molar-refractivity contribution in [3.8, 4) is 0 Å². The van der Waals surface area contributed by atoms with E-state index in [0.717, 1.165) is 0 Å². The minimum absolute atomic E-state index is 0.224. The summed E-state index contributed by atoms with van der Waals surface area (Å²) in [6, 6.07) is -1.22. The first kappa shape index (κ1) is 13.3. The standard InChI is InChI=1S/C12H20N2O4/c1-12(2)6-8-14(9(12)11(16)17-3)10(15)7(13)4-5-18-8/h7-9H,4-6,13H2,1-3H3/t7-,8-,9+/m0/s1. The number of hydrogen-bond donors (Lipinski definition) is 1. The van der Waals surface area contributed by atoms with Crippen molar-refractivity contribution in [3.63, 3.8) is 0 Å². The van der Waals surface area contributed by atoms with E-state index in [1.807, 2.05) is 13.8 Å². The lowest BCUT2D eigenvalue weighted by atomic mass is 9.84. The smallest absolute Gasteiger partial charge is 0.329 e. The molecule has 2 heterocycles. The van der Waals surface area contributed by atoms with E-state index in [1.54, 1.807) is 0 Å².